The summed E-state index contributed by atoms with van der Waals surface area (Å²) in [6.07, 6.45) is 2.31. The minimum Gasteiger partial charge on any atom is -0.338 e. The first-order valence-electron chi connectivity index (χ1n) is 8.27. The number of carbonyl (C=O) groups is 2. The number of carbonyl (C=O) groups excluding carboxylic acids is 2. The number of thiazole rings is 1. The number of likely N-dealkylation sites (tertiary alicyclic amines) is 1. The molecule has 1 atom stereocenters. The fourth-order valence-electron chi connectivity index (χ4n) is 2.82. The van der Waals surface area contributed by atoms with Crippen molar-refractivity contribution in [1.82, 2.24) is 25.0 Å². The number of amides is 3. The van der Waals surface area contributed by atoms with E-state index in [4.69, 9.17) is 0 Å². The minimum absolute atomic E-state index is 0.104. The van der Waals surface area contributed by atoms with Gasteiger partial charge in [0.2, 0.25) is 5.91 Å². The first kappa shape index (κ1) is 18.7. The van der Waals surface area contributed by atoms with Crippen LogP contribution in [-0.2, 0) is 11.3 Å². The lowest BCUT2D eigenvalue weighted by Gasteiger charge is -2.26. The van der Waals surface area contributed by atoms with E-state index in [1.165, 1.54) is 11.3 Å². The number of rotatable bonds is 8. The maximum absolute atomic E-state index is 12.1. The number of hydrogen-bond acceptors (Lipinski definition) is 5. The van der Waals surface area contributed by atoms with Crippen molar-refractivity contribution in [2.75, 3.05) is 40.8 Å². The first-order valence-corrected chi connectivity index (χ1v) is 9.22. The molecule has 0 unspecified atom stereocenters. The summed E-state index contributed by atoms with van der Waals surface area (Å²) in [7, 11) is 5.78. The SMILES string of the molecule is CN(C)CCN1C(=O)CC[C@H]1CCNC(=O)N(C)Cc1cscn1. The predicted octanol–water partition coefficient (Wildman–Crippen LogP) is 1.23. The van der Waals surface area contributed by atoms with E-state index in [0.29, 0.717) is 19.5 Å². The first-order chi connectivity index (χ1) is 11.5. The summed E-state index contributed by atoms with van der Waals surface area (Å²) in [6, 6.07) is 0.133. The van der Waals surface area contributed by atoms with Gasteiger partial charge >= 0.3 is 6.03 Å². The second-order valence-corrected chi connectivity index (χ2v) is 7.16. The van der Waals surface area contributed by atoms with E-state index in [0.717, 1.165) is 31.6 Å². The van der Waals surface area contributed by atoms with Crippen LogP contribution >= 0.6 is 11.3 Å². The van der Waals surface area contributed by atoms with Crippen LogP contribution in [0.1, 0.15) is 25.0 Å². The lowest BCUT2D eigenvalue weighted by molar-refractivity contribution is -0.129. The third kappa shape index (κ3) is 5.45. The van der Waals surface area contributed by atoms with Crippen LogP contribution in [0, 0.1) is 0 Å². The molecule has 0 bridgehead atoms. The molecule has 1 saturated heterocycles. The van der Waals surface area contributed by atoms with Crippen LogP contribution in [0.5, 0.6) is 0 Å². The number of hydrogen-bond donors (Lipinski definition) is 1. The molecule has 7 nitrogen and oxygen atoms in total. The highest BCUT2D eigenvalue weighted by molar-refractivity contribution is 7.07. The number of nitrogens with zero attached hydrogens (tertiary/aromatic N) is 4. The Bertz CT molecular complexity index is 535. The summed E-state index contributed by atoms with van der Waals surface area (Å²) in [5.74, 6) is 0.230. The van der Waals surface area contributed by atoms with E-state index in [1.807, 2.05) is 24.4 Å². The van der Waals surface area contributed by atoms with Crippen molar-refractivity contribution < 1.29 is 9.59 Å². The summed E-state index contributed by atoms with van der Waals surface area (Å²) in [4.78, 5) is 33.9. The Balaban J connectivity index is 1.72. The Morgan fingerprint density at radius 1 is 1.46 bits per heavy atom. The largest absolute Gasteiger partial charge is 0.338 e. The molecule has 0 spiro atoms. The van der Waals surface area contributed by atoms with Crippen molar-refractivity contribution in [3.63, 3.8) is 0 Å². The van der Waals surface area contributed by atoms with Gasteiger partial charge in [0, 0.05) is 44.5 Å². The van der Waals surface area contributed by atoms with Crippen LogP contribution in [0.25, 0.3) is 0 Å². The Labute approximate surface area is 147 Å². The van der Waals surface area contributed by atoms with Crippen molar-refractivity contribution in [1.29, 1.82) is 0 Å². The maximum atomic E-state index is 12.1. The van der Waals surface area contributed by atoms with Gasteiger partial charge in [0.15, 0.2) is 0 Å². The van der Waals surface area contributed by atoms with Gasteiger partial charge in [-0.05, 0) is 26.9 Å². The molecule has 0 aromatic carbocycles. The standard InChI is InChI=1S/C16H27N5O2S/c1-19(2)8-9-21-14(4-5-15(21)22)6-7-17-16(23)20(3)10-13-11-24-12-18-13/h11-12,14H,4-10H2,1-3H3,(H,17,23)/t14-/m0/s1. The van der Waals surface area contributed by atoms with Crippen LogP contribution in [-0.4, -0.2) is 78.4 Å². The Kier molecular flexibility index (Phi) is 6.99. The van der Waals surface area contributed by atoms with Crippen molar-refractivity contribution >= 4 is 23.3 Å². The second-order valence-electron chi connectivity index (χ2n) is 6.44. The average Bonchev–Trinajstić information content (AvgIpc) is 3.15. The highest BCUT2D eigenvalue weighted by atomic mass is 32.1. The highest BCUT2D eigenvalue weighted by Gasteiger charge is 2.30. The predicted molar refractivity (Wildman–Crippen MR) is 94.9 cm³/mol. The third-order valence-corrected chi connectivity index (χ3v) is 4.86. The van der Waals surface area contributed by atoms with Crippen LogP contribution in [0.2, 0.25) is 0 Å². The number of nitrogens with one attached hydrogen (secondary N) is 1. The summed E-state index contributed by atoms with van der Waals surface area (Å²) in [5.41, 5.74) is 2.66. The van der Waals surface area contributed by atoms with Crippen molar-refractivity contribution in [3.8, 4) is 0 Å². The van der Waals surface area contributed by atoms with Crippen LogP contribution in [0.15, 0.2) is 10.9 Å². The summed E-state index contributed by atoms with van der Waals surface area (Å²) in [5, 5.41) is 4.88. The number of likely N-dealkylation sites (N-methyl/N-ethyl adjacent to an activating group) is 1. The van der Waals surface area contributed by atoms with E-state index in [1.54, 1.807) is 17.5 Å². The monoisotopic (exact) mass is 353 g/mol. The van der Waals surface area contributed by atoms with Gasteiger partial charge in [0.1, 0.15) is 0 Å². The minimum atomic E-state index is -0.104. The topological polar surface area (TPSA) is 68.8 Å². The fraction of sp³-hybridized carbons (Fsp3) is 0.688. The zero-order valence-electron chi connectivity index (χ0n) is 14.7. The van der Waals surface area contributed by atoms with Crippen LogP contribution < -0.4 is 5.32 Å². The van der Waals surface area contributed by atoms with Gasteiger partial charge in [-0.3, -0.25) is 4.79 Å². The molecule has 134 valence electrons. The number of aromatic nitrogens is 1. The molecule has 1 fully saturated rings. The Morgan fingerprint density at radius 2 is 2.25 bits per heavy atom. The van der Waals surface area contributed by atoms with Crippen molar-refractivity contribution in [3.05, 3.63) is 16.6 Å². The van der Waals surface area contributed by atoms with Gasteiger partial charge in [-0.25, -0.2) is 9.78 Å². The molecule has 0 radical (unpaired) electrons. The van der Waals surface area contributed by atoms with Gasteiger partial charge in [-0.1, -0.05) is 0 Å². The summed E-state index contributed by atoms with van der Waals surface area (Å²) >= 11 is 1.52. The molecule has 3 amide bonds. The quantitative estimate of drug-likeness (QED) is 0.763. The van der Waals surface area contributed by atoms with Gasteiger partial charge < -0.3 is 20.0 Å². The molecule has 2 rings (SSSR count). The van der Waals surface area contributed by atoms with Crippen LogP contribution in [0.4, 0.5) is 4.79 Å². The molecule has 8 heteroatoms. The summed E-state index contributed by atoms with van der Waals surface area (Å²) < 4.78 is 0. The second kappa shape index (κ2) is 8.98. The molecule has 0 aliphatic carbocycles. The smallest absolute Gasteiger partial charge is 0.317 e. The fourth-order valence-corrected chi connectivity index (χ4v) is 3.37. The molecule has 1 aliphatic rings. The summed E-state index contributed by atoms with van der Waals surface area (Å²) in [6.45, 7) is 2.71. The molecule has 0 saturated carbocycles. The van der Waals surface area contributed by atoms with Gasteiger partial charge in [-0.15, -0.1) is 11.3 Å². The van der Waals surface area contributed by atoms with Gasteiger partial charge in [-0.2, -0.15) is 0 Å². The molecular weight excluding hydrogens is 326 g/mol. The molecule has 1 aromatic heterocycles. The van der Waals surface area contributed by atoms with Crippen LogP contribution in [0.3, 0.4) is 0 Å². The average molecular weight is 353 g/mol. The van der Waals surface area contributed by atoms with Gasteiger partial charge in [0.05, 0.1) is 17.7 Å². The highest BCUT2D eigenvalue weighted by Crippen LogP contribution is 2.20. The molecular formula is C16H27N5O2S. The molecule has 1 N–H and O–H groups in total. The van der Waals surface area contributed by atoms with Crippen molar-refractivity contribution in [2.24, 2.45) is 0 Å². The van der Waals surface area contributed by atoms with E-state index >= 15 is 0 Å². The molecule has 1 aliphatic heterocycles. The molecule has 2 heterocycles. The van der Waals surface area contributed by atoms with E-state index in [2.05, 4.69) is 15.2 Å². The van der Waals surface area contributed by atoms with E-state index in [-0.39, 0.29) is 18.0 Å². The lowest BCUT2D eigenvalue weighted by atomic mass is 10.1. The Hall–Kier alpha value is -1.67. The molecule has 1 aromatic rings. The Morgan fingerprint density at radius 3 is 2.92 bits per heavy atom. The van der Waals surface area contributed by atoms with Crippen molar-refractivity contribution in [2.45, 2.75) is 31.8 Å². The normalized spacial score (nSPS) is 17.6. The maximum Gasteiger partial charge on any atom is 0.317 e. The zero-order chi connectivity index (χ0) is 17.5. The molecule has 24 heavy (non-hydrogen) atoms. The lowest BCUT2D eigenvalue weighted by Crippen LogP contribution is -2.42. The third-order valence-electron chi connectivity index (χ3n) is 4.22. The van der Waals surface area contributed by atoms with E-state index < -0.39 is 0 Å². The van der Waals surface area contributed by atoms with Gasteiger partial charge in [0.25, 0.3) is 0 Å². The number of urea groups is 1. The van der Waals surface area contributed by atoms with E-state index in [9.17, 15) is 9.59 Å². The zero-order valence-corrected chi connectivity index (χ0v) is 15.5.